The number of carbonyl (C=O) groups is 2. The first-order chi connectivity index (χ1) is 10.3. The van der Waals surface area contributed by atoms with Gasteiger partial charge in [-0.2, -0.15) is 0 Å². The Morgan fingerprint density at radius 2 is 1.68 bits per heavy atom. The SMILES string of the molecule is CC(C)NC(=O)NC(=O)CN[C@@H](c1ccc(F)cc1)C(C)C. The molecule has 0 saturated carbocycles. The fraction of sp³-hybridized carbons (Fsp3) is 0.500. The first-order valence-corrected chi connectivity index (χ1v) is 7.38. The van der Waals surface area contributed by atoms with Gasteiger partial charge in [-0.25, -0.2) is 9.18 Å². The van der Waals surface area contributed by atoms with Crippen molar-refractivity contribution in [3.8, 4) is 0 Å². The topological polar surface area (TPSA) is 70.2 Å². The molecule has 0 aliphatic carbocycles. The van der Waals surface area contributed by atoms with Crippen LogP contribution in [-0.2, 0) is 4.79 Å². The van der Waals surface area contributed by atoms with Gasteiger partial charge in [-0.05, 0) is 37.5 Å². The van der Waals surface area contributed by atoms with Crippen molar-refractivity contribution in [2.24, 2.45) is 5.92 Å². The van der Waals surface area contributed by atoms with E-state index in [-0.39, 0.29) is 30.4 Å². The average Bonchev–Trinajstić information content (AvgIpc) is 2.39. The Balaban J connectivity index is 2.56. The number of rotatable bonds is 6. The average molecular weight is 309 g/mol. The van der Waals surface area contributed by atoms with Crippen molar-refractivity contribution in [3.63, 3.8) is 0 Å². The molecule has 0 radical (unpaired) electrons. The highest BCUT2D eigenvalue weighted by atomic mass is 19.1. The van der Waals surface area contributed by atoms with Gasteiger partial charge in [0.2, 0.25) is 5.91 Å². The second kappa shape index (κ2) is 8.48. The van der Waals surface area contributed by atoms with Crippen LogP contribution in [-0.4, -0.2) is 24.5 Å². The third-order valence-electron chi connectivity index (χ3n) is 3.05. The molecule has 5 nitrogen and oxygen atoms in total. The van der Waals surface area contributed by atoms with Crippen LogP contribution in [0.5, 0.6) is 0 Å². The minimum atomic E-state index is -0.510. The summed E-state index contributed by atoms with van der Waals surface area (Å²) in [6.45, 7) is 7.64. The molecule has 0 fully saturated rings. The van der Waals surface area contributed by atoms with Crippen LogP contribution in [0, 0.1) is 11.7 Å². The number of amides is 3. The lowest BCUT2D eigenvalue weighted by Gasteiger charge is -2.22. The quantitative estimate of drug-likeness (QED) is 0.755. The van der Waals surface area contributed by atoms with E-state index in [1.165, 1.54) is 12.1 Å². The minimum Gasteiger partial charge on any atom is -0.336 e. The van der Waals surface area contributed by atoms with Crippen molar-refractivity contribution in [1.29, 1.82) is 0 Å². The second-order valence-corrected chi connectivity index (χ2v) is 5.83. The Bertz CT molecular complexity index is 501. The molecule has 3 N–H and O–H groups in total. The third-order valence-corrected chi connectivity index (χ3v) is 3.05. The standard InChI is InChI=1S/C16H24FN3O2/c1-10(2)15(12-5-7-13(17)8-6-12)18-9-14(21)20-16(22)19-11(3)4/h5-8,10-11,15,18H,9H2,1-4H3,(H2,19,20,21,22)/t15-/m1/s1. The Morgan fingerprint density at radius 1 is 1.09 bits per heavy atom. The number of hydrogen-bond acceptors (Lipinski definition) is 3. The van der Waals surface area contributed by atoms with Crippen molar-refractivity contribution in [2.45, 2.75) is 39.8 Å². The summed E-state index contributed by atoms with van der Waals surface area (Å²) in [5.41, 5.74) is 0.899. The normalized spacial score (nSPS) is 12.3. The van der Waals surface area contributed by atoms with E-state index in [0.29, 0.717) is 0 Å². The monoisotopic (exact) mass is 309 g/mol. The summed E-state index contributed by atoms with van der Waals surface area (Å²) in [6, 6.07) is 5.52. The Labute approximate surface area is 130 Å². The molecule has 1 aromatic carbocycles. The molecule has 122 valence electrons. The molecule has 3 amide bonds. The van der Waals surface area contributed by atoms with E-state index in [1.54, 1.807) is 12.1 Å². The maximum atomic E-state index is 13.0. The van der Waals surface area contributed by atoms with Crippen LogP contribution in [0.25, 0.3) is 0 Å². The molecular weight excluding hydrogens is 285 g/mol. The van der Waals surface area contributed by atoms with Gasteiger partial charge in [0, 0.05) is 12.1 Å². The lowest BCUT2D eigenvalue weighted by molar-refractivity contribution is -0.119. The van der Waals surface area contributed by atoms with Gasteiger partial charge in [-0.3, -0.25) is 10.1 Å². The van der Waals surface area contributed by atoms with Crippen molar-refractivity contribution in [2.75, 3.05) is 6.54 Å². The summed E-state index contributed by atoms with van der Waals surface area (Å²) in [4.78, 5) is 23.2. The van der Waals surface area contributed by atoms with Crippen LogP contribution in [0.3, 0.4) is 0 Å². The molecule has 0 unspecified atom stereocenters. The molecule has 1 atom stereocenters. The van der Waals surface area contributed by atoms with Crippen LogP contribution in [0.15, 0.2) is 24.3 Å². The molecule has 0 bridgehead atoms. The Kier molecular flexibility index (Phi) is 6.98. The van der Waals surface area contributed by atoms with Gasteiger partial charge in [-0.1, -0.05) is 26.0 Å². The van der Waals surface area contributed by atoms with E-state index in [9.17, 15) is 14.0 Å². The van der Waals surface area contributed by atoms with Crippen LogP contribution in [0.2, 0.25) is 0 Å². The number of urea groups is 1. The van der Waals surface area contributed by atoms with E-state index in [4.69, 9.17) is 0 Å². The van der Waals surface area contributed by atoms with Crippen molar-refractivity contribution >= 4 is 11.9 Å². The van der Waals surface area contributed by atoms with E-state index < -0.39 is 11.9 Å². The summed E-state index contributed by atoms with van der Waals surface area (Å²) >= 11 is 0. The molecule has 6 heteroatoms. The fourth-order valence-electron chi connectivity index (χ4n) is 2.08. The van der Waals surface area contributed by atoms with Crippen molar-refractivity contribution < 1.29 is 14.0 Å². The highest BCUT2D eigenvalue weighted by molar-refractivity contribution is 5.95. The summed E-state index contributed by atoms with van der Waals surface area (Å²) < 4.78 is 13.0. The zero-order valence-corrected chi connectivity index (χ0v) is 13.4. The second-order valence-electron chi connectivity index (χ2n) is 5.83. The maximum absolute atomic E-state index is 13.0. The van der Waals surface area contributed by atoms with Gasteiger partial charge in [0.1, 0.15) is 5.82 Å². The largest absolute Gasteiger partial charge is 0.336 e. The smallest absolute Gasteiger partial charge is 0.321 e. The molecule has 22 heavy (non-hydrogen) atoms. The predicted molar refractivity (Wildman–Crippen MR) is 83.8 cm³/mol. The van der Waals surface area contributed by atoms with Crippen molar-refractivity contribution in [1.82, 2.24) is 16.0 Å². The lowest BCUT2D eigenvalue weighted by atomic mass is 9.96. The lowest BCUT2D eigenvalue weighted by Crippen LogP contribution is -2.46. The number of hydrogen-bond donors (Lipinski definition) is 3. The summed E-state index contributed by atoms with van der Waals surface area (Å²) in [5.74, 6) is -0.497. The van der Waals surface area contributed by atoms with Gasteiger partial charge in [0.25, 0.3) is 0 Å². The van der Waals surface area contributed by atoms with Gasteiger partial charge in [0.15, 0.2) is 0 Å². The number of nitrogens with one attached hydrogen (secondary N) is 3. The zero-order chi connectivity index (χ0) is 16.7. The number of benzene rings is 1. The molecule has 0 heterocycles. The summed E-state index contributed by atoms with van der Waals surface area (Å²) in [6.07, 6.45) is 0. The van der Waals surface area contributed by atoms with Crippen LogP contribution < -0.4 is 16.0 Å². The molecule has 0 aliphatic heterocycles. The molecule has 0 aliphatic rings. The fourth-order valence-corrected chi connectivity index (χ4v) is 2.08. The van der Waals surface area contributed by atoms with Crippen LogP contribution in [0.1, 0.15) is 39.3 Å². The van der Waals surface area contributed by atoms with Gasteiger partial charge in [-0.15, -0.1) is 0 Å². The summed E-state index contributed by atoms with van der Waals surface area (Å²) in [7, 11) is 0. The number of halogens is 1. The zero-order valence-electron chi connectivity index (χ0n) is 13.4. The number of carbonyl (C=O) groups excluding carboxylic acids is 2. The molecule has 1 rings (SSSR count). The van der Waals surface area contributed by atoms with Crippen LogP contribution in [0.4, 0.5) is 9.18 Å². The van der Waals surface area contributed by atoms with Gasteiger partial charge >= 0.3 is 6.03 Å². The van der Waals surface area contributed by atoms with E-state index in [2.05, 4.69) is 16.0 Å². The molecule has 0 saturated heterocycles. The third kappa shape index (κ3) is 6.22. The van der Waals surface area contributed by atoms with Gasteiger partial charge in [0.05, 0.1) is 6.54 Å². The Morgan fingerprint density at radius 3 is 2.18 bits per heavy atom. The van der Waals surface area contributed by atoms with Gasteiger partial charge < -0.3 is 10.6 Å². The highest BCUT2D eigenvalue weighted by Gasteiger charge is 2.17. The highest BCUT2D eigenvalue weighted by Crippen LogP contribution is 2.21. The van der Waals surface area contributed by atoms with E-state index in [0.717, 1.165) is 5.56 Å². The minimum absolute atomic E-state index is 0.00569. The van der Waals surface area contributed by atoms with E-state index in [1.807, 2.05) is 27.7 Å². The van der Waals surface area contributed by atoms with Crippen molar-refractivity contribution in [3.05, 3.63) is 35.6 Å². The Hall–Kier alpha value is -1.95. The molecule has 1 aromatic rings. The molecular formula is C16H24FN3O2. The summed E-state index contributed by atoms with van der Waals surface area (Å²) in [5, 5.41) is 7.94. The first-order valence-electron chi connectivity index (χ1n) is 7.38. The maximum Gasteiger partial charge on any atom is 0.321 e. The first kappa shape index (κ1) is 18.1. The molecule has 0 aromatic heterocycles. The predicted octanol–water partition coefficient (Wildman–Crippen LogP) is 2.35. The number of imide groups is 1. The molecule has 0 spiro atoms. The van der Waals surface area contributed by atoms with E-state index >= 15 is 0 Å². The van der Waals surface area contributed by atoms with Crippen LogP contribution >= 0.6 is 0 Å².